The van der Waals surface area contributed by atoms with Crippen LogP contribution in [0, 0.1) is 12.7 Å². The Morgan fingerprint density at radius 3 is 2.84 bits per heavy atom. The van der Waals surface area contributed by atoms with Gasteiger partial charge in [0.2, 0.25) is 0 Å². The van der Waals surface area contributed by atoms with Crippen LogP contribution >= 0.6 is 0 Å². The predicted molar refractivity (Wildman–Crippen MR) is 72.8 cm³/mol. The van der Waals surface area contributed by atoms with Crippen molar-refractivity contribution in [3.8, 4) is 0 Å². The zero-order valence-corrected chi connectivity index (χ0v) is 10.3. The first-order valence-electron chi connectivity index (χ1n) is 5.81. The average molecular weight is 257 g/mol. The van der Waals surface area contributed by atoms with Gasteiger partial charge < -0.3 is 15.5 Å². The molecule has 3 N–H and O–H groups in total. The molecule has 5 heteroatoms. The summed E-state index contributed by atoms with van der Waals surface area (Å²) in [5.41, 5.74) is 8.90. The topological polar surface area (TPSA) is 64.1 Å². The highest BCUT2D eigenvalue weighted by atomic mass is 19.1. The molecule has 0 aliphatic rings. The lowest BCUT2D eigenvalue weighted by atomic mass is 10.2. The molecular formula is C14H12FN3O. The number of aromatic nitrogens is 1. The van der Waals surface area contributed by atoms with Crippen LogP contribution < -0.4 is 11.1 Å². The molecule has 1 aromatic heterocycles. The van der Waals surface area contributed by atoms with E-state index in [0.29, 0.717) is 22.8 Å². The molecule has 0 saturated carbocycles. The van der Waals surface area contributed by atoms with Crippen LogP contribution in [0.25, 0.3) is 11.1 Å². The highest BCUT2D eigenvalue weighted by Gasteiger charge is 2.07. The summed E-state index contributed by atoms with van der Waals surface area (Å²) < 4.78 is 18.7. The number of nitrogens with two attached hydrogens (primary N) is 1. The molecule has 2 aromatic carbocycles. The molecule has 3 rings (SSSR count). The van der Waals surface area contributed by atoms with Gasteiger partial charge in [0.1, 0.15) is 11.3 Å². The Kier molecular flexibility index (Phi) is 2.59. The first kappa shape index (κ1) is 11.5. The normalized spacial score (nSPS) is 10.8. The zero-order chi connectivity index (χ0) is 13.4. The SMILES string of the molecule is Cc1cc(Nc2nc3ccc(N)cc3o2)ccc1F. The third-order valence-corrected chi connectivity index (χ3v) is 2.82. The lowest BCUT2D eigenvalue weighted by Crippen LogP contribution is -1.92. The molecular weight excluding hydrogens is 245 g/mol. The van der Waals surface area contributed by atoms with E-state index < -0.39 is 0 Å². The summed E-state index contributed by atoms with van der Waals surface area (Å²) in [6.07, 6.45) is 0. The van der Waals surface area contributed by atoms with E-state index in [1.54, 1.807) is 37.3 Å². The van der Waals surface area contributed by atoms with Gasteiger partial charge in [0.15, 0.2) is 5.58 Å². The zero-order valence-electron chi connectivity index (χ0n) is 10.3. The van der Waals surface area contributed by atoms with Crippen LogP contribution in [0.5, 0.6) is 0 Å². The summed E-state index contributed by atoms with van der Waals surface area (Å²) in [5, 5.41) is 3.00. The van der Waals surface area contributed by atoms with E-state index >= 15 is 0 Å². The Balaban J connectivity index is 1.94. The molecule has 19 heavy (non-hydrogen) atoms. The molecule has 1 heterocycles. The number of halogens is 1. The average Bonchev–Trinajstić information content (AvgIpc) is 2.75. The van der Waals surface area contributed by atoms with Gasteiger partial charge in [0.05, 0.1) is 0 Å². The number of benzene rings is 2. The van der Waals surface area contributed by atoms with Crippen molar-refractivity contribution < 1.29 is 8.81 Å². The van der Waals surface area contributed by atoms with Crippen molar-refractivity contribution in [2.24, 2.45) is 0 Å². The first-order valence-corrected chi connectivity index (χ1v) is 5.81. The fourth-order valence-corrected chi connectivity index (χ4v) is 1.84. The van der Waals surface area contributed by atoms with E-state index in [9.17, 15) is 4.39 Å². The van der Waals surface area contributed by atoms with E-state index in [0.717, 1.165) is 11.2 Å². The van der Waals surface area contributed by atoms with Gasteiger partial charge in [-0.3, -0.25) is 0 Å². The molecule has 0 atom stereocenters. The summed E-state index contributed by atoms with van der Waals surface area (Å²) >= 11 is 0. The van der Waals surface area contributed by atoms with Crippen LogP contribution in [0.15, 0.2) is 40.8 Å². The van der Waals surface area contributed by atoms with Crippen molar-refractivity contribution in [3.05, 3.63) is 47.8 Å². The first-order chi connectivity index (χ1) is 9.11. The third-order valence-electron chi connectivity index (χ3n) is 2.82. The number of nitrogens with one attached hydrogen (secondary N) is 1. The Labute approximate surface area is 109 Å². The van der Waals surface area contributed by atoms with Gasteiger partial charge in [0.25, 0.3) is 6.01 Å². The third kappa shape index (κ3) is 2.22. The molecule has 4 nitrogen and oxygen atoms in total. The number of hydrogen-bond acceptors (Lipinski definition) is 4. The second kappa shape index (κ2) is 4.28. The van der Waals surface area contributed by atoms with Crippen molar-refractivity contribution in [1.29, 1.82) is 0 Å². The van der Waals surface area contributed by atoms with E-state index in [1.807, 2.05) is 0 Å². The maximum Gasteiger partial charge on any atom is 0.300 e. The number of rotatable bonds is 2. The Bertz CT molecular complexity index is 752. The molecule has 0 unspecified atom stereocenters. The summed E-state index contributed by atoms with van der Waals surface area (Å²) in [6, 6.07) is 10.3. The second-order valence-electron chi connectivity index (χ2n) is 4.34. The van der Waals surface area contributed by atoms with Crippen LogP contribution in [0.3, 0.4) is 0 Å². The molecule has 3 aromatic rings. The van der Waals surface area contributed by atoms with Gasteiger partial charge in [-0.15, -0.1) is 0 Å². The molecule has 0 bridgehead atoms. The van der Waals surface area contributed by atoms with Gasteiger partial charge in [-0.25, -0.2) is 4.39 Å². The van der Waals surface area contributed by atoms with Gasteiger partial charge in [-0.2, -0.15) is 4.98 Å². The predicted octanol–water partition coefficient (Wildman–Crippen LogP) is 3.60. The Morgan fingerprint density at radius 1 is 1.21 bits per heavy atom. The standard InChI is InChI=1S/C14H12FN3O/c1-8-6-10(3-4-11(8)15)17-14-18-12-5-2-9(16)7-13(12)19-14/h2-7H,16H2,1H3,(H,17,18). The quantitative estimate of drug-likeness (QED) is 0.688. The molecule has 0 aliphatic heterocycles. The van der Waals surface area contributed by atoms with E-state index in [-0.39, 0.29) is 5.82 Å². The highest BCUT2D eigenvalue weighted by molar-refractivity contribution is 5.78. The van der Waals surface area contributed by atoms with E-state index in [1.165, 1.54) is 6.07 Å². The number of nitrogen functional groups attached to an aromatic ring is 1. The van der Waals surface area contributed by atoms with Crippen LogP contribution in [0.1, 0.15) is 5.56 Å². The van der Waals surface area contributed by atoms with Crippen molar-refractivity contribution in [3.63, 3.8) is 0 Å². The largest absolute Gasteiger partial charge is 0.423 e. The second-order valence-corrected chi connectivity index (χ2v) is 4.34. The van der Waals surface area contributed by atoms with Gasteiger partial charge >= 0.3 is 0 Å². The molecule has 0 aliphatic carbocycles. The maximum absolute atomic E-state index is 13.2. The Morgan fingerprint density at radius 2 is 2.05 bits per heavy atom. The minimum absolute atomic E-state index is 0.240. The summed E-state index contributed by atoms with van der Waals surface area (Å²) in [4.78, 5) is 4.27. The molecule has 0 saturated heterocycles. The van der Waals surface area contributed by atoms with Crippen molar-refractivity contribution in [1.82, 2.24) is 4.98 Å². The smallest absolute Gasteiger partial charge is 0.300 e. The van der Waals surface area contributed by atoms with Crippen LogP contribution in [-0.2, 0) is 0 Å². The Hall–Kier alpha value is -2.56. The van der Waals surface area contributed by atoms with Crippen LogP contribution in [-0.4, -0.2) is 4.98 Å². The van der Waals surface area contributed by atoms with Crippen LogP contribution in [0.4, 0.5) is 21.8 Å². The molecule has 0 amide bonds. The summed E-state index contributed by atoms with van der Waals surface area (Å²) in [6.45, 7) is 1.70. The number of anilines is 3. The number of fused-ring (bicyclic) bond motifs is 1. The highest BCUT2D eigenvalue weighted by Crippen LogP contribution is 2.24. The number of aryl methyl sites for hydroxylation is 1. The molecule has 96 valence electrons. The van der Waals surface area contributed by atoms with E-state index in [4.69, 9.17) is 10.2 Å². The molecule has 0 spiro atoms. The fourth-order valence-electron chi connectivity index (χ4n) is 1.84. The number of oxazole rings is 1. The van der Waals surface area contributed by atoms with Gasteiger partial charge in [0, 0.05) is 17.4 Å². The minimum Gasteiger partial charge on any atom is -0.423 e. The van der Waals surface area contributed by atoms with Crippen molar-refractivity contribution in [2.75, 3.05) is 11.1 Å². The van der Waals surface area contributed by atoms with E-state index in [2.05, 4.69) is 10.3 Å². The molecule has 0 fully saturated rings. The van der Waals surface area contributed by atoms with Gasteiger partial charge in [-0.1, -0.05) is 0 Å². The van der Waals surface area contributed by atoms with Crippen molar-refractivity contribution >= 4 is 28.5 Å². The van der Waals surface area contributed by atoms with Crippen molar-refractivity contribution in [2.45, 2.75) is 6.92 Å². The maximum atomic E-state index is 13.2. The van der Waals surface area contributed by atoms with Crippen LogP contribution in [0.2, 0.25) is 0 Å². The summed E-state index contributed by atoms with van der Waals surface area (Å²) in [7, 11) is 0. The fraction of sp³-hybridized carbons (Fsp3) is 0.0714. The monoisotopic (exact) mass is 257 g/mol. The summed E-state index contributed by atoms with van der Waals surface area (Å²) in [5.74, 6) is -0.240. The number of nitrogens with zero attached hydrogens (tertiary/aromatic N) is 1. The minimum atomic E-state index is -0.240. The lowest BCUT2D eigenvalue weighted by molar-refractivity contribution is 0.616. The number of hydrogen-bond donors (Lipinski definition) is 2. The van der Waals surface area contributed by atoms with Gasteiger partial charge in [-0.05, 0) is 42.8 Å². The molecule has 0 radical (unpaired) electrons. The lowest BCUT2D eigenvalue weighted by Gasteiger charge is -2.03.